The molecule has 0 unspecified atom stereocenters. The number of likely N-dealkylation sites (tertiary alicyclic amines) is 1. The third-order valence-corrected chi connectivity index (χ3v) is 8.67. The molecule has 9 heteroatoms. The second kappa shape index (κ2) is 9.16. The molecule has 2 aliphatic carbocycles. The third-order valence-electron chi connectivity index (χ3n) is 8.67. The first-order valence-electron chi connectivity index (χ1n) is 14.2. The Morgan fingerprint density at radius 3 is 2.45 bits per heavy atom. The number of ether oxygens (including phenoxy) is 2. The Bertz CT molecular complexity index is 1570. The zero-order valence-electron chi connectivity index (χ0n) is 23.6. The Hall–Kier alpha value is -3.72. The third kappa shape index (κ3) is 4.56. The van der Waals surface area contributed by atoms with Crippen LogP contribution >= 0.6 is 0 Å². The number of nitrogens with one attached hydrogen (secondary N) is 1. The zero-order chi connectivity index (χ0) is 27.6. The summed E-state index contributed by atoms with van der Waals surface area (Å²) in [5.41, 5.74) is 4.21. The molecule has 0 radical (unpaired) electrons. The van der Waals surface area contributed by atoms with Crippen LogP contribution in [0.15, 0.2) is 49.1 Å². The van der Waals surface area contributed by atoms with Crippen LogP contribution in [0, 0.1) is 5.41 Å². The number of carbonyl (C=O) groups excluding carboxylic acids is 1. The Morgan fingerprint density at radius 2 is 1.73 bits per heavy atom. The van der Waals surface area contributed by atoms with Crippen LogP contribution < -0.4 is 10.1 Å². The summed E-state index contributed by atoms with van der Waals surface area (Å²) >= 11 is 0. The van der Waals surface area contributed by atoms with Crippen molar-refractivity contribution in [2.45, 2.75) is 70.2 Å². The van der Waals surface area contributed by atoms with Crippen molar-refractivity contribution in [3.63, 3.8) is 0 Å². The molecule has 1 aromatic carbocycles. The van der Waals surface area contributed by atoms with Gasteiger partial charge in [-0.2, -0.15) is 0 Å². The molecule has 1 N–H and O–H groups in total. The second-order valence-electron chi connectivity index (χ2n) is 13.0. The first-order chi connectivity index (χ1) is 19.1. The van der Waals surface area contributed by atoms with E-state index in [2.05, 4.69) is 50.1 Å². The van der Waals surface area contributed by atoms with Crippen molar-refractivity contribution in [2.24, 2.45) is 12.5 Å². The smallest absolute Gasteiger partial charge is 0.410 e. The van der Waals surface area contributed by atoms with Crippen LogP contribution in [0.25, 0.3) is 32.9 Å². The summed E-state index contributed by atoms with van der Waals surface area (Å²) in [6, 6.07) is 9.91. The molecule has 2 saturated carbocycles. The Balaban J connectivity index is 0.880. The monoisotopic (exact) mass is 540 g/mol. The molecule has 3 aromatic heterocycles. The summed E-state index contributed by atoms with van der Waals surface area (Å²) in [5, 5.41) is 6.12. The maximum absolute atomic E-state index is 12.2. The molecule has 0 atom stereocenters. The quantitative estimate of drug-likeness (QED) is 0.377. The van der Waals surface area contributed by atoms with Gasteiger partial charge in [0.25, 0.3) is 0 Å². The topological polar surface area (TPSA) is 94.4 Å². The highest BCUT2D eigenvalue weighted by molar-refractivity contribution is 6.08. The van der Waals surface area contributed by atoms with Crippen molar-refractivity contribution in [3.05, 3.63) is 49.1 Å². The second-order valence-corrected chi connectivity index (χ2v) is 13.0. The van der Waals surface area contributed by atoms with Gasteiger partial charge in [0.2, 0.25) is 0 Å². The average molecular weight is 541 g/mol. The van der Waals surface area contributed by atoms with E-state index in [-0.39, 0.29) is 12.2 Å². The number of nitrogens with zero attached hydrogens (tertiary/aromatic N) is 5. The van der Waals surface area contributed by atoms with Crippen molar-refractivity contribution < 1.29 is 14.3 Å². The highest BCUT2D eigenvalue weighted by Crippen LogP contribution is 2.49. The van der Waals surface area contributed by atoms with Crippen LogP contribution in [0.4, 0.5) is 4.79 Å². The van der Waals surface area contributed by atoms with Crippen molar-refractivity contribution in [3.8, 4) is 17.1 Å². The van der Waals surface area contributed by atoms with Gasteiger partial charge >= 0.3 is 12.1 Å². The van der Waals surface area contributed by atoms with Gasteiger partial charge in [-0.3, -0.25) is 4.98 Å². The minimum absolute atomic E-state index is 0.143. The molecule has 208 valence electrons. The van der Waals surface area contributed by atoms with Crippen LogP contribution in [0.1, 0.15) is 46.5 Å². The molecule has 1 saturated heterocycles. The zero-order valence-corrected chi connectivity index (χ0v) is 23.6. The van der Waals surface area contributed by atoms with E-state index in [1.54, 1.807) is 0 Å². The van der Waals surface area contributed by atoms with Gasteiger partial charge in [0.15, 0.2) is 0 Å². The van der Waals surface area contributed by atoms with Gasteiger partial charge in [0, 0.05) is 84.3 Å². The van der Waals surface area contributed by atoms with Crippen LogP contribution in [-0.2, 0) is 11.8 Å². The summed E-state index contributed by atoms with van der Waals surface area (Å²) in [5.74, 6) is 0. The number of benzene rings is 1. The van der Waals surface area contributed by atoms with Crippen LogP contribution in [0.5, 0.6) is 6.01 Å². The van der Waals surface area contributed by atoms with Crippen LogP contribution in [0.2, 0.25) is 0 Å². The van der Waals surface area contributed by atoms with E-state index in [9.17, 15) is 4.79 Å². The predicted molar refractivity (Wildman–Crippen MR) is 153 cm³/mol. The van der Waals surface area contributed by atoms with Crippen molar-refractivity contribution >= 4 is 27.9 Å². The lowest BCUT2D eigenvalue weighted by Gasteiger charge is -2.59. The molecule has 3 fully saturated rings. The molecule has 1 spiro atoms. The molecule has 3 aliphatic rings. The van der Waals surface area contributed by atoms with E-state index in [0.29, 0.717) is 23.5 Å². The normalized spacial score (nSPS) is 22.1. The molecule has 1 amide bonds. The molecule has 7 rings (SSSR count). The van der Waals surface area contributed by atoms with E-state index in [4.69, 9.17) is 9.47 Å². The number of aromatic nitrogens is 4. The minimum Gasteiger partial charge on any atom is -0.460 e. The van der Waals surface area contributed by atoms with Crippen molar-refractivity contribution in [1.82, 2.24) is 29.7 Å². The number of carbonyl (C=O) groups is 1. The summed E-state index contributed by atoms with van der Waals surface area (Å²) in [7, 11) is 2.08. The lowest BCUT2D eigenvalue weighted by Crippen LogP contribution is -2.68. The fraction of sp³-hybridized carbons (Fsp3) is 0.484. The Morgan fingerprint density at radius 1 is 0.975 bits per heavy atom. The standard InChI is InChI=1S/C31H36N6O3/c1-30(2,3)40-29(38)37-17-31(18-37)12-22(13-31)35-21-10-23(11-21)39-28-33-14-20(15-34-28)19-5-6-24-25-16-32-8-7-26(25)36(4)27(24)9-19/h5-9,14-16,21-23,35H,10-13,17-18H2,1-4H3. The summed E-state index contributed by atoms with van der Waals surface area (Å²) in [4.78, 5) is 27.3. The van der Waals surface area contributed by atoms with Crippen LogP contribution in [0.3, 0.4) is 0 Å². The maximum Gasteiger partial charge on any atom is 0.410 e. The lowest BCUT2D eigenvalue weighted by molar-refractivity contribution is -0.0878. The van der Waals surface area contributed by atoms with Gasteiger partial charge in [-0.25, -0.2) is 14.8 Å². The number of hydrogen-bond acceptors (Lipinski definition) is 7. The van der Waals surface area contributed by atoms with E-state index in [1.807, 2.05) is 56.5 Å². The Kier molecular flexibility index (Phi) is 5.78. The van der Waals surface area contributed by atoms with E-state index >= 15 is 0 Å². The van der Waals surface area contributed by atoms with Gasteiger partial charge in [0.1, 0.15) is 11.7 Å². The maximum atomic E-state index is 12.2. The van der Waals surface area contributed by atoms with Crippen molar-refractivity contribution in [2.75, 3.05) is 13.1 Å². The summed E-state index contributed by atoms with van der Waals surface area (Å²) in [6.07, 6.45) is 11.6. The molecule has 1 aliphatic heterocycles. The predicted octanol–water partition coefficient (Wildman–Crippen LogP) is 5.08. The van der Waals surface area contributed by atoms with Gasteiger partial charge in [0.05, 0.1) is 5.52 Å². The molecular formula is C31H36N6O3. The molecule has 40 heavy (non-hydrogen) atoms. The van der Waals surface area contributed by atoms with Crippen molar-refractivity contribution in [1.29, 1.82) is 0 Å². The molecule has 9 nitrogen and oxygen atoms in total. The number of pyridine rings is 1. The highest BCUT2D eigenvalue weighted by atomic mass is 16.6. The van der Waals surface area contributed by atoms with E-state index in [1.165, 1.54) is 10.9 Å². The highest BCUT2D eigenvalue weighted by Gasteiger charge is 2.55. The SMILES string of the molecule is Cn1c2ccncc2c2ccc(-c3cnc(OC4CC(NC5CC6(C5)CN(C(=O)OC(C)(C)C)C6)C4)nc3)cc21. The number of aryl methyl sites for hydroxylation is 1. The first-order valence-corrected chi connectivity index (χ1v) is 14.2. The number of rotatable bonds is 5. The molecular weight excluding hydrogens is 504 g/mol. The van der Waals surface area contributed by atoms with Gasteiger partial charge in [-0.05, 0) is 64.2 Å². The summed E-state index contributed by atoms with van der Waals surface area (Å²) < 4.78 is 13.7. The minimum atomic E-state index is -0.440. The Labute approximate surface area is 233 Å². The largest absolute Gasteiger partial charge is 0.460 e. The fourth-order valence-corrected chi connectivity index (χ4v) is 6.62. The number of hydrogen-bond donors (Lipinski definition) is 1. The van der Waals surface area contributed by atoms with Gasteiger partial charge < -0.3 is 24.3 Å². The number of fused-ring (bicyclic) bond motifs is 3. The number of amides is 1. The fourth-order valence-electron chi connectivity index (χ4n) is 6.62. The van der Waals surface area contributed by atoms with Gasteiger partial charge in [-0.1, -0.05) is 12.1 Å². The molecule has 4 heterocycles. The van der Waals surface area contributed by atoms with Crippen LogP contribution in [-0.4, -0.2) is 67.4 Å². The lowest BCUT2D eigenvalue weighted by atomic mass is 9.60. The summed E-state index contributed by atoms with van der Waals surface area (Å²) in [6.45, 7) is 7.36. The first kappa shape index (κ1) is 25.3. The molecule has 0 bridgehead atoms. The molecule has 4 aromatic rings. The van der Waals surface area contributed by atoms with E-state index < -0.39 is 5.60 Å². The van der Waals surface area contributed by atoms with E-state index in [0.717, 1.165) is 60.8 Å². The van der Waals surface area contributed by atoms with Gasteiger partial charge in [-0.15, -0.1) is 0 Å². The average Bonchev–Trinajstić information content (AvgIpc) is 3.13.